The van der Waals surface area contributed by atoms with Gasteiger partial charge in [-0.15, -0.1) is 0 Å². The lowest BCUT2D eigenvalue weighted by Crippen LogP contribution is -2.04. The van der Waals surface area contributed by atoms with Crippen LogP contribution < -0.4 is 11.1 Å². The molecule has 1 aromatic carbocycles. The molecule has 0 amide bonds. The second-order valence-electron chi connectivity index (χ2n) is 4.43. The highest BCUT2D eigenvalue weighted by atomic mass is 19.1. The van der Waals surface area contributed by atoms with Crippen molar-refractivity contribution in [3.63, 3.8) is 0 Å². The fraction of sp³-hybridized carbons (Fsp3) is 0.0667. The van der Waals surface area contributed by atoms with E-state index < -0.39 is 5.82 Å². The van der Waals surface area contributed by atoms with Gasteiger partial charge >= 0.3 is 0 Å². The van der Waals surface area contributed by atoms with Gasteiger partial charge in [0.15, 0.2) is 5.82 Å². The summed E-state index contributed by atoms with van der Waals surface area (Å²) in [5.41, 5.74) is 8.13. The molecule has 3 aromatic rings. The number of pyridine rings is 2. The molecule has 100 valence electrons. The largest absolute Gasteiger partial charge is 0.398 e. The van der Waals surface area contributed by atoms with Crippen molar-refractivity contribution in [1.82, 2.24) is 9.97 Å². The van der Waals surface area contributed by atoms with Gasteiger partial charge in [-0.1, -0.05) is 0 Å². The number of nitrogens with two attached hydrogens (primary N) is 1. The summed E-state index contributed by atoms with van der Waals surface area (Å²) in [6, 6.07) is 8.67. The van der Waals surface area contributed by atoms with Gasteiger partial charge in [-0.05, 0) is 35.9 Å². The van der Waals surface area contributed by atoms with Gasteiger partial charge in [0.25, 0.3) is 0 Å². The molecule has 0 bridgehead atoms. The Morgan fingerprint density at radius 2 is 1.95 bits per heavy atom. The molecule has 0 aliphatic rings. The topological polar surface area (TPSA) is 63.8 Å². The van der Waals surface area contributed by atoms with Crippen LogP contribution in [0.2, 0.25) is 0 Å². The van der Waals surface area contributed by atoms with Gasteiger partial charge in [-0.3, -0.25) is 9.97 Å². The third-order valence-electron chi connectivity index (χ3n) is 3.10. The van der Waals surface area contributed by atoms with Crippen LogP contribution in [0.3, 0.4) is 0 Å². The molecule has 20 heavy (non-hydrogen) atoms. The van der Waals surface area contributed by atoms with E-state index >= 15 is 0 Å². The first-order chi connectivity index (χ1) is 9.75. The van der Waals surface area contributed by atoms with E-state index in [0.717, 1.165) is 10.9 Å². The van der Waals surface area contributed by atoms with Gasteiger partial charge in [0.2, 0.25) is 0 Å². The van der Waals surface area contributed by atoms with Crippen molar-refractivity contribution >= 4 is 22.3 Å². The quantitative estimate of drug-likeness (QED) is 0.717. The molecule has 3 rings (SSSR count). The number of nitrogens with one attached hydrogen (secondary N) is 1. The molecule has 0 saturated heterocycles. The molecule has 0 aliphatic heterocycles. The standard InChI is InChI=1S/C15H13FN4/c16-12-8-13(17)11-2-1-5-19-14(11)15(12)20-9-10-3-6-18-7-4-10/h1-8,20H,9,17H2. The number of nitrogens with zero attached hydrogens (tertiary/aromatic N) is 2. The van der Waals surface area contributed by atoms with Gasteiger partial charge in [0, 0.05) is 36.2 Å². The highest BCUT2D eigenvalue weighted by Gasteiger charge is 2.11. The first-order valence-electron chi connectivity index (χ1n) is 6.21. The minimum absolute atomic E-state index is 0.367. The molecule has 4 nitrogen and oxygen atoms in total. The molecule has 2 heterocycles. The van der Waals surface area contributed by atoms with Gasteiger partial charge in [0.05, 0.1) is 11.2 Å². The normalized spacial score (nSPS) is 10.7. The zero-order valence-electron chi connectivity index (χ0n) is 10.7. The predicted octanol–water partition coefficient (Wildman–Crippen LogP) is 2.96. The molecule has 0 radical (unpaired) electrons. The lowest BCUT2D eigenvalue weighted by Gasteiger charge is -2.11. The Balaban J connectivity index is 1.99. The maximum Gasteiger partial charge on any atom is 0.150 e. The van der Waals surface area contributed by atoms with E-state index in [4.69, 9.17) is 5.73 Å². The summed E-state index contributed by atoms with van der Waals surface area (Å²) in [4.78, 5) is 8.17. The van der Waals surface area contributed by atoms with Crippen LogP contribution in [-0.2, 0) is 6.54 Å². The number of aromatic nitrogens is 2. The van der Waals surface area contributed by atoms with Crippen molar-refractivity contribution in [1.29, 1.82) is 0 Å². The van der Waals surface area contributed by atoms with E-state index in [0.29, 0.717) is 23.4 Å². The number of nitrogen functional groups attached to an aromatic ring is 1. The number of benzene rings is 1. The van der Waals surface area contributed by atoms with E-state index in [9.17, 15) is 4.39 Å². The summed E-state index contributed by atoms with van der Waals surface area (Å²) in [5, 5.41) is 3.82. The minimum atomic E-state index is -0.400. The summed E-state index contributed by atoms with van der Waals surface area (Å²) in [6.45, 7) is 0.495. The second kappa shape index (κ2) is 5.13. The number of rotatable bonds is 3. The smallest absolute Gasteiger partial charge is 0.150 e. The highest BCUT2D eigenvalue weighted by Crippen LogP contribution is 2.29. The molecule has 0 unspecified atom stereocenters. The molecule has 0 saturated carbocycles. The van der Waals surface area contributed by atoms with E-state index in [-0.39, 0.29) is 0 Å². The van der Waals surface area contributed by atoms with Gasteiger partial charge in [-0.2, -0.15) is 0 Å². The molecule has 0 aliphatic carbocycles. The lowest BCUT2D eigenvalue weighted by molar-refractivity contribution is 0.632. The fourth-order valence-corrected chi connectivity index (χ4v) is 2.10. The molecular formula is C15H13FN4. The maximum absolute atomic E-state index is 14.1. The van der Waals surface area contributed by atoms with Crippen LogP contribution >= 0.6 is 0 Å². The average Bonchev–Trinajstić information content (AvgIpc) is 2.48. The summed E-state index contributed by atoms with van der Waals surface area (Å²) in [7, 11) is 0. The van der Waals surface area contributed by atoms with Gasteiger partial charge in [0.1, 0.15) is 0 Å². The number of hydrogen-bond acceptors (Lipinski definition) is 4. The van der Waals surface area contributed by atoms with Crippen LogP contribution in [0.5, 0.6) is 0 Å². The van der Waals surface area contributed by atoms with Crippen LogP contribution in [-0.4, -0.2) is 9.97 Å². The maximum atomic E-state index is 14.1. The Labute approximate surface area is 115 Å². The van der Waals surface area contributed by atoms with Gasteiger partial charge in [-0.25, -0.2) is 4.39 Å². The lowest BCUT2D eigenvalue weighted by atomic mass is 10.1. The predicted molar refractivity (Wildman–Crippen MR) is 77.7 cm³/mol. The van der Waals surface area contributed by atoms with Crippen LogP contribution in [0, 0.1) is 5.82 Å². The van der Waals surface area contributed by atoms with Gasteiger partial charge < -0.3 is 11.1 Å². The van der Waals surface area contributed by atoms with Crippen LogP contribution in [0.4, 0.5) is 15.8 Å². The van der Waals surface area contributed by atoms with Crippen molar-refractivity contribution in [3.05, 3.63) is 60.3 Å². The van der Waals surface area contributed by atoms with Crippen molar-refractivity contribution in [2.75, 3.05) is 11.1 Å². The van der Waals surface area contributed by atoms with E-state index in [2.05, 4.69) is 15.3 Å². The molecule has 0 spiro atoms. The summed E-state index contributed by atoms with van der Waals surface area (Å²) >= 11 is 0. The van der Waals surface area contributed by atoms with Crippen molar-refractivity contribution in [2.45, 2.75) is 6.54 Å². The zero-order chi connectivity index (χ0) is 13.9. The van der Waals surface area contributed by atoms with Crippen LogP contribution in [0.25, 0.3) is 10.9 Å². The molecule has 0 fully saturated rings. The second-order valence-corrected chi connectivity index (χ2v) is 4.43. The Morgan fingerprint density at radius 1 is 1.15 bits per heavy atom. The van der Waals surface area contributed by atoms with Crippen LogP contribution in [0.15, 0.2) is 48.9 Å². The Bertz CT molecular complexity index is 743. The summed E-state index contributed by atoms with van der Waals surface area (Å²) in [5.74, 6) is -0.400. The summed E-state index contributed by atoms with van der Waals surface area (Å²) in [6.07, 6.45) is 5.03. The Kier molecular flexibility index (Phi) is 3.16. The summed E-state index contributed by atoms with van der Waals surface area (Å²) < 4.78 is 14.1. The Hall–Kier alpha value is -2.69. The number of anilines is 2. The third-order valence-corrected chi connectivity index (χ3v) is 3.10. The SMILES string of the molecule is Nc1cc(F)c(NCc2ccncc2)c2ncccc12. The van der Waals surface area contributed by atoms with E-state index in [1.54, 1.807) is 24.7 Å². The third kappa shape index (κ3) is 2.25. The number of halogens is 1. The minimum Gasteiger partial charge on any atom is -0.398 e. The zero-order valence-corrected chi connectivity index (χ0v) is 10.7. The first kappa shape index (κ1) is 12.3. The Morgan fingerprint density at radius 3 is 2.75 bits per heavy atom. The van der Waals surface area contributed by atoms with E-state index in [1.807, 2.05) is 18.2 Å². The first-order valence-corrected chi connectivity index (χ1v) is 6.21. The van der Waals surface area contributed by atoms with Crippen molar-refractivity contribution < 1.29 is 4.39 Å². The average molecular weight is 268 g/mol. The fourth-order valence-electron chi connectivity index (χ4n) is 2.10. The van der Waals surface area contributed by atoms with Crippen molar-refractivity contribution in [2.24, 2.45) is 0 Å². The monoisotopic (exact) mass is 268 g/mol. The molecule has 5 heteroatoms. The molecular weight excluding hydrogens is 255 g/mol. The number of hydrogen-bond donors (Lipinski definition) is 2. The molecule has 3 N–H and O–H groups in total. The molecule has 0 atom stereocenters. The van der Waals surface area contributed by atoms with Crippen LogP contribution in [0.1, 0.15) is 5.56 Å². The molecule has 2 aromatic heterocycles. The highest BCUT2D eigenvalue weighted by molar-refractivity contribution is 5.98. The van der Waals surface area contributed by atoms with E-state index in [1.165, 1.54) is 6.07 Å². The van der Waals surface area contributed by atoms with Crippen molar-refractivity contribution in [3.8, 4) is 0 Å². The number of fused-ring (bicyclic) bond motifs is 1.